The molecule has 0 bridgehead atoms. The molecule has 4 rings (SSSR count). The van der Waals surface area contributed by atoms with Gasteiger partial charge < -0.3 is 9.84 Å². The number of carbonyl (C=O) groups is 1. The summed E-state index contributed by atoms with van der Waals surface area (Å²) >= 11 is 12.1. The molecular formula is C22H22Cl2N4O2. The van der Waals surface area contributed by atoms with Gasteiger partial charge in [0.1, 0.15) is 0 Å². The molecule has 1 aliphatic rings. The molecule has 2 heterocycles. The summed E-state index contributed by atoms with van der Waals surface area (Å²) in [4.78, 5) is 19.4. The van der Waals surface area contributed by atoms with Crippen molar-refractivity contribution in [3.63, 3.8) is 0 Å². The van der Waals surface area contributed by atoms with Crippen LogP contribution in [-0.4, -0.2) is 34.0 Å². The predicted octanol–water partition coefficient (Wildman–Crippen LogP) is 5.20. The maximum Gasteiger partial charge on any atom is 0.241 e. The maximum atomic E-state index is 12.7. The van der Waals surface area contributed by atoms with Crippen LogP contribution in [0.2, 0.25) is 10.0 Å². The number of nitrogens with one attached hydrogen (secondary N) is 1. The van der Waals surface area contributed by atoms with Crippen molar-refractivity contribution in [1.29, 1.82) is 0 Å². The molecule has 8 heteroatoms. The standard InChI is InChI=1S/C22H22Cl2N4O2/c1-14-4-2-5-15(10-14)21-26-20(30-27-21)13-28-9-3-6-16(12-28)22(29)25-19-8-7-17(23)11-18(19)24/h2,4-5,7-8,10-11,16H,3,6,9,12-13H2,1H3,(H,25,29). The van der Waals surface area contributed by atoms with E-state index in [1.165, 1.54) is 0 Å². The molecule has 0 radical (unpaired) electrons. The Morgan fingerprint density at radius 1 is 1.27 bits per heavy atom. The number of nitrogens with zero attached hydrogens (tertiary/aromatic N) is 3. The van der Waals surface area contributed by atoms with Crippen LogP contribution in [-0.2, 0) is 11.3 Å². The van der Waals surface area contributed by atoms with Gasteiger partial charge in [0.25, 0.3) is 0 Å². The Kier molecular flexibility index (Phi) is 6.37. The average molecular weight is 445 g/mol. The Morgan fingerprint density at radius 2 is 2.13 bits per heavy atom. The van der Waals surface area contributed by atoms with E-state index in [-0.39, 0.29) is 11.8 Å². The minimum absolute atomic E-state index is 0.0464. The first kappa shape index (κ1) is 20.8. The quantitative estimate of drug-likeness (QED) is 0.585. The molecule has 1 unspecified atom stereocenters. The van der Waals surface area contributed by atoms with Gasteiger partial charge in [0.2, 0.25) is 17.6 Å². The lowest BCUT2D eigenvalue weighted by Crippen LogP contribution is -2.40. The highest BCUT2D eigenvalue weighted by Gasteiger charge is 2.27. The summed E-state index contributed by atoms with van der Waals surface area (Å²) in [7, 11) is 0. The molecule has 1 amide bonds. The van der Waals surface area contributed by atoms with E-state index in [0.717, 1.165) is 30.5 Å². The SMILES string of the molecule is Cc1cccc(-c2noc(CN3CCCC(C(=O)Nc4ccc(Cl)cc4Cl)C3)n2)c1. The highest BCUT2D eigenvalue weighted by molar-refractivity contribution is 6.36. The summed E-state index contributed by atoms with van der Waals surface area (Å²) in [6.45, 7) is 4.05. The van der Waals surface area contributed by atoms with E-state index in [1.54, 1.807) is 18.2 Å². The van der Waals surface area contributed by atoms with Gasteiger partial charge in [-0.05, 0) is 50.6 Å². The van der Waals surface area contributed by atoms with E-state index in [2.05, 4.69) is 20.4 Å². The van der Waals surface area contributed by atoms with Gasteiger partial charge in [-0.3, -0.25) is 9.69 Å². The zero-order chi connectivity index (χ0) is 21.1. The highest BCUT2D eigenvalue weighted by Crippen LogP contribution is 2.27. The van der Waals surface area contributed by atoms with Gasteiger partial charge in [0.15, 0.2) is 0 Å². The van der Waals surface area contributed by atoms with Crippen molar-refractivity contribution in [2.24, 2.45) is 5.92 Å². The number of hydrogen-bond acceptors (Lipinski definition) is 5. The van der Waals surface area contributed by atoms with Gasteiger partial charge in [0, 0.05) is 17.1 Å². The second-order valence-electron chi connectivity index (χ2n) is 7.57. The van der Waals surface area contributed by atoms with Crippen LogP contribution in [0.3, 0.4) is 0 Å². The number of halogens is 2. The lowest BCUT2D eigenvalue weighted by molar-refractivity contribution is -0.121. The third-order valence-electron chi connectivity index (χ3n) is 5.17. The third kappa shape index (κ3) is 5.01. The molecule has 1 saturated heterocycles. The first-order valence-corrected chi connectivity index (χ1v) is 10.6. The molecule has 30 heavy (non-hydrogen) atoms. The smallest absolute Gasteiger partial charge is 0.241 e. The van der Waals surface area contributed by atoms with Crippen LogP contribution in [0, 0.1) is 12.8 Å². The number of anilines is 1. The van der Waals surface area contributed by atoms with Crippen molar-refractivity contribution in [1.82, 2.24) is 15.0 Å². The van der Waals surface area contributed by atoms with Crippen LogP contribution >= 0.6 is 23.2 Å². The molecule has 1 aliphatic heterocycles. The minimum atomic E-state index is -0.135. The zero-order valence-corrected chi connectivity index (χ0v) is 18.1. The summed E-state index contributed by atoms with van der Waals surface area (Å²) in [5.74, 6) is 0.949. The topological polar surface area (TPSA) is 71.3 Å². The van der Waals surface area contributed by atoms with Crippen molar-refractivity contribution in [2.75, 3.05) is 18.4 Å². The number of hydrogen-bond donors (Lipinski definition) is 1. The average Bonchev–Trinajstić information content (AvgIpc) is 3.19. The molecular weight excluding hydrogens is 423 g/mol. The van der Waals surface area contributed by atoms with E-state index in [9.17, 15) is 4.79 Å². The Balaban J connectivity index is 1.38. The Bertz CT molecular complexity index is 1050. The Hall–Kier alpha value is -2.41. The molecule has 3 aromatic rings. The number of aryl methyl sites for hydroxylation is 1. The van der Waals surface area contributed by atoms with Crippen molar-refractivity contribution >= 4 is 34.8 Å². The summed E-state index contributed by atoms with van der Waals surface area (Å²) in [5, 5.41) is 7.98. The van der Waals surface area contributed by atoms with Crippen LogP contribution in [0.4, 0.5) is 5.69 Å². The second kappa shape index (κ2) is 9.16. The molecule has 156 valence electrons. The normalized spacial score (nSPS) is 17.1. The molecule has 6 nitrogen and oxygen atoms in total. The van der Waals surface area contributed by atoms with Crippen molar-refractivity contribution in [3.8, 4) is 11.4 Å². The van der Waals surface area contributed by atoms with Gasteiger partial charge in [-0.2, -0.15) is 4.98 Å². The number of benzene rings is 2. The first-order chi connectivity index (χ1) is 14.5. The van der Waals surface area contributed by atoms with E-state index >= 15 is 0 Å². The number of likely N-dealkylation sites (tertiary alicyclic amines) is 1. The van der Waals surface area contributed by atoms with Crippen LogP contribution in [0.15, 0.2) is 47.0 Å². The summed E-state index contributed by atoms with van der Waals surface area (Å²) in [6.07, 6.45) is 1.75. The molecule has 1 aromatic heterocycles. The summed E-state index contributed by atoms with van der Waals surface area (Å²) in [6, 6.07) is 13.0. The number of rotatable bonds is 5. The van der Waals surface area contributed by atoms with Crippen LogP contribution in [0.25, 0.3) is 11.4 Å². The number of aromatic nitrogens is 2. The first-order valence-electron chi connectivity index (χ1n) is 9.86. The van der Waals surface area contributed by atoms with Gasteiger partial charge in [-0.1, -0.05) is 52.1 Å². The number of amides is 1. The Morgan fingerprint density at radius 3 is 2.93 bits per heavy atom. The lowest BCUT2D eigenvalue weighted by Gasteiger charge is -2.30. The lowest BCUT2D eigenvalue weighted by atomic mass is 9.97. The van der Waals surface area contributed by atoms with Crippen LogP contribution < -0.4 is 5.32 Å². The monoisotopic (exact) mass is 444 g/mol. The zero-order valence-electron chi connectivity index (χ0n) is 16.6. The van der Waals surface area contributed by atoms with Crippen molar-refractivity contribution in [3.05, 3.63) is 64.0 Å². The van der Waals surface area contributed by atoms with E-state index in [1.807, 2.05) is 31.2 Å². The fourth-order valence-electron chi connectivity index (χ4n) is 3.65. The summed E-state index contributed by atoms with van der Waals surface area (Å²) < 4.78 is 5.45. The third-order valence-corrected chi connectivity index (χ3v) is 5.72. The molecule has 1 atom stereocenters. The van der Waals surface area contributed by atoms with Gasteiger partial charge in [0.05, 0.1) is 23.2 Å². The highest BCUT2D eigenvalue weighted by atomic mass is 35.5. The van der Waals surface area contributed by atoms with Crippen LogP contribution in [0.1, 0.15) is 24.3 Å². The van der Waals surface area contributed by atoms with E-state index in [0.29, 0.717) is 40.5 Å². The van der Waals surface area contributed by atoms with Gasteiger partial charge in [-0.15, -0.1) is 0 Å². The predicted molar refractivity (Wildman–Crippen MR) is 118 cm³/mol. The maximum absolute atomic E-state index is 12.7. The molecule has 0 spiro atoms. The van der Waals surface area contributed by atoms with Crippen molar-refractivity contribution in [2.45, 2.75) is 26.3 Å². The fraction of sp³-hybridized carbons (Fsp3) is 0.318. The van der Waals surface area contributed by atoms with Gasteiger partial charge >= 0.3 is 0 Å². The Labute approximate surface area is 185 Å². The fourth-order valence-corrected chi connectivity index (χ4v) is 4.11. The summed E-state index contributed by atoms with van der Waals surface area (Å²) in [5.41, 5.74) is 2.65. The largest absolute Gasteiger partial charge is 0.338 e. The van der Waals surface area contributed by atoms with Crippen molar-refractivity contribution < 1.29 is 9.32 Å². The van der Waals surface area contributed by atoms with E-state index < -0.39 is 0 Å². The minimum Gasteiger partial charge on any atom is -0.338 e. The molecule has 0 saturated carbocycles. The second-order valence-corrected chi connectivity index (χ2v) is 8.41. The molecule has 2 aromatic carbocycles. The van der Waals surface area contributed by atoms with Crippen LogP contribution in [0.5, 0.6) is 0 Å². The molecule has 1 fully saturated rings. The van der Waals surface area contributed by atoms with E-state index in [4.69, 9.17) is 27.7 Å². The number of piperidine rings is 1. The number of carbonyl (C=O) groups excluding carboxylic acids is 1. The molecule has 0 aliphatic carbocycles. The molecule has 1 N–H and O–H groups in total. The van der Waals surface area contributed by atoms with Gasteiger partial charge in [-0.25, -0.2) is 0 Å².